The van der Waals surface area contributed by atoms with Crippen LogP contribution in [-0.2, 0) is 27.7 Å². The van der Waals surface area contributed by atoms with Crippen LogP contribution in [-0.4, -0.2) is 33.9 Å². The van der Waals surface area contributed by atoms with Crippen LogP contribution in [0.25, 0.3) is 0 Å². The Balaban J connectivity index is 1.51. The summed E-state index contributed by atoms with van der Waals surface area (Å²) in [6, 6.07) is 7.68. The highest BCUT2D eigenvalue weighted by molar-refractivity contribution is 7.89. The molecule has 2 aromatic rings. The number of sulfonamides is 1. The number of hydrogen-bond donors (Lipinski definition) is 3. The van der Waals surface area contributed by atoms with Gasteiger partial charge in [-0.3, -0.25) is 20.4 Å². The van der Waals surface area contributed by atoms with Gasteiger partial charge in [-0.2, -0.15) is 0 Å². The lowest BCUT2D eigenvalue weighted by atomic mass is 9.72. The van der Waals surface area contributed by atoms with Gasteiger partial charge < -0.3 is 4.74 Å². The molecule has 3 rings (SSSR count). The van der Waals surface area contributed by atoms with E-state index in [0.717, 1.165) is 19.3 Å². The predicted octanol–water partition coefficient (Wildman–Crippen LogP) is 2.65. The molecule has 0 radical (unpaired) electrons. The molecule has 10 heteroatoms. The van der Waals surface area contributed by atoms with Crippen LogP contribution >= 0.6 is 11.3 Å². The maximum absolute atomic E-state index is 12.5. The van der Waals surface area contributed by atoms with Gasteiger partial charge in [-0.25, -0.2) is 13.1 Å². The average Bonchev–Trinajstić information content (AvgIpc) is 3.19. The first-order valence-corrected chi connectivity index (χ1v) is 12.6. The third-order valence-electron chi connectivity index (χ3n) is 5.64. The van der Waals surface area contributed by atoms with Crippen LogP contribution in [0.2, 0.25) is 0 Å². The largest absolute Gasteiger partial charge is 0.497 e. The van der Waals surface area contributed by atoms with Crippen molar-refractivity contribution < 1.29 is 22.7 Å². The summed E-state index contributed by atoms with van der Waals surface area (Å²) in [4.78, 5) is 26.3. The van der Waals surface area contributed by atoms with Crippen molar-refractivity contribution in [2.75, 3.05) is 13.7 Å². The maximum Gasteiger partial charge on any atom is 0.279 e. The normalized spacial score (nSPS) is 16.2. The molecule has 3 N–H and O–H groups in total. The van der Waals surface area contributed by atoms with E-state index in [9.17, 15) is 18.0 Å². The monoisotopic (exact) mass is 479 g/mol. The molecule has 0 spiro atoms. The fourth-order valence-corrected chi connectivity index (χ4v) is 5.69. The minimum absolute atomic E-state index is 0.00728. The number of ether oxygens (including phenoxy) is 1. The molecule has 1 heterocycles. The summed E-state index contributed by atoms with van der Waals surface area (Å²) in [5.74, 6) is 0.000140. The van der Waals surface area contributed by atoms with Crippen molar-refractivity contribution in [2.45, 2.75) is 44.9 Å². The highest BCUT2D eigenvalue weighted by Gasteiger charge is 2.30. The van der Waals surface area contributed by atoms with E-state index in [-0.39, 0.29) is 10.3 Å². The van der Waals surface area contributed by atoms with Gasteiger partial charge >= 0.3 is 0 Å². The van der Waals surface area contributed by atoms with E-state index in [4.69, 9.17) is 4.74 Å². The number of fused-ring (bicyclic) bond motifs is 1. The van der Waals surface area contributed by atoms with E-state index >= 15 is 0 Å². The number of hydrogen-bond acceptors (Lipinski definition) is 6. The van der Waals surface area contributed by atoms with Crippen LogP contribution in [0.15, 0.2) is 35.2 Å². The maximum atomic E-state index is 12.5. The minimum Gasteiger partial charge on any atom is -0.497 e. The second kappa shape index (κ2) is 9.60. The van der Waals surface area contributed by atoms with E-state index < -0.39 is 28.4 Å². The van der Waals surface area contributed by atoms with Crippen molar-refractivity contribution in [3.63, 3.8) is 0 Å². The molecule has 0 aliphatic heterocycles. The van der Waals surface area contributed by atoms with E-state index in [1.54, 1.807) is 0 Å². The fourth-order valence-electron chi connectivity index (χ4n) is 3.61. The first-order chi connectivity index (χ1) is 15.0. The molecule has 1 aliphatic rings. The van der Waals surface area contributed by atoms with Gasteiger partial charge in [-0.1, -0.05) is 20.8 Å². The summed E-state index contributed by atoms with van der Waals surface area (Å²) < 4.78 is 31.8. The predicted molar refractivity (Wildman–Crippen MR) is 123 cm³/mol. The molecule has 32 heavy (non-hydrogen) atoms. The molecular weight excluding hydrogens is 450 g/mol. The Bertz CT molecular complexity index is 1090. The lowest BCUT2D eigenvalue weighted by molar-refractivity contribution is -0.120. The van der Waals surface area contributed by atoms with Crippen LogP contribution in [0, 0.1) is 11.3 Å². The molecular formula is C22H29N3O5S2. The zero-order valence-electron chi connectivity index (χ0n) is 18.7. The molecule has 0 bridgehead atoms. The SMILES string of the molecule is COc1ccc(S(=O)(=O)NCC(=O)NNC(=O)c2cc3c(s2)CCC(C(C)(C)C)C3)cc1. The van der Waals surface area contributed by atoms with E-state index in [1.165, 1.54) is 53.2 Å². The molecule has 0 saturated heterocycles. The van der Waals surface area contributed by atoms with Crippen molar-refractivity contribution >= 4 is 33.2 Å². The second-order valence-electron chi connectivity index (χ2n) is 8.87. The van der Waals surface area contributed by atoms with Crippen molar-refractivity contribution in [2.24, 2.45) is 11.3 Å². The zero-order chi connectivity index (χ0) is 23.5. The second-order valence-corrected chi connectivity index (χ2v) is 11.8. The summed E-state index contributed by atoms with van der Waals surface area (Å²) in [6.07, 6.45) is 3.00. The third kappa shape index (κ3) is 5.87. The number of hydrazine groups is 1. The first-order valence-electron chi connectivity index (χ1n) is 10.3. The van der Waals surface area contributed by atoms with Gasteiger partial charge in [0.1, 0.15) is 5.75 Å². The van der Waals surface area contributed by atoms with Gasteiger partial charge in [0, 0.05) is 4.88 Å². The van der Waals surface area contributed by atoms with Gasteiger partial charge in [0.2, 0.25) is 10.0 Å². The van der Waals surface area contributed by atoms with E-state index in [0.29, 0.717) is 16.5 Å². The number of carbonyl (C=O) groups is 2. The van der Waals surface area contributed by atoms with E-state index in [1.807, 2.05) is 6.07 Å². The Hall–Kier alpha value is -2.43. The number of thiophene rings is 1. The van der Waals surface area contributed by atoms with Crippen molar-refractivity contribution in [3.05, 3.63) is 45.6 Å². The molecule has 174 valence electrons. The van der Waals surface area contributed by atoms with Crippen LogP contribution < -0.4 is 20.3 Å². The minimum atomic E-state index is -3.87. The lowest BCUT2D eigenvalue weighted by Crippen LogP contribution is -2.46. The highest BCUT2D eigenvalue weighted by Crippen LogP contribution is 2.40. The molecule has 0 saturated carbocycles. The van der Waals surface area contributed by atoms with Crippen molar-refractivity contribution in [1.29, 1.82) is 0 Å². The molecule has 1 unspecified atom stereocenters. The molecule has 8 nitrogen and oxygen atoms in total. The number of carbonyl (C=O) groups excluding carboxylic acids is 2. The molecule has 1 atom stereocenters. The molecule has 1 aromatic carbocycles. The lowest BCUT2D eigenvalue weighted by Gasteiger charge is -2.33. The van der Waals surface area contributed by atoms with Crippen LogP contribution in [0.3, 0.4) is 0 Å². The van der Waals surface area contributed by atoms with Gasteiger partial charge in [-0.05, 0) is 66.5 Å². The summed E-state index contributed by atoms with van der Waals surface area (Å²) in [5, 5.41) is 0. The van der Waals surface area contributed by atoms with Gasteiger partial charge in [0.15, 0.2) is 0 Å². The van der Waals surface area contributed by atoms with E-state index in [2.05, 4.69) is 36.3 Å². The third-order valence-corrected chi connectivity index (χ3v) is 8.29. The number of methoxy groups -OCH3 is 1. The molecule has 0 fully saturated rings. The Morgan fingerprint density at radius 1 is 1.16 bits per heavy atom. The summed E-state index contributed by atoms with van der Waals surface area (Å²) in [6.45, 7) is 6.20. The number of aryl methyl sites for hydroxylation is 1. The zero-order valence-corrected chi connectivity index (χ0v) is 20.3. The van der Waals surface area contributed by atoms with Gasteiger partial charge in [-0.15, -0.1) is 11.3 Å². The summed E-state index contributed by atoms with van der Waals surface area (Å²) in [5.41, 5.74) is 6.04. The fraction of sp³-hybridized carbons (Fsp3) is 0.455. The number of benzene rings is 1. The molecule has 1 aliphatic carbocycles. The number of rotatable bonds is 6. The van der Waals surface area contributed by atoms with Gasteiger partial charge in [0.05, 0.1) is 23.4 Å². The number of nitrogens with one attached hydrogen (secondary N) is 3. The highest BCUT2D eigenvalue weighted by atomic mass is 32.2. The van der Waals surface area contributed by atoms with Crippen LogP contribution in [0.1, 0.15) is 47.3 Å². The Morgan fingerprint density at radius 2 is 1.84 bits per heavy atom. The quantitative estimate of drug-likeness (QED) is 0.551. The Labute approximate surface area is 192 Å². The Kier molecular flexibility index (Phi) is 7.26. The first kappa shape index (κ1) is 24.2. The standard InChI is InChI=1S/C22H29N3O5S2/c1-22(2,3)15-5-10-18-14(11-15)12-19(31-18)21(27)25-24-20(26)13-23-32(28,29)17-8-6-16(30-4)7-9-17/h6-9,12,15,23H,5,10-11,13H2,1-4H3,(H,24,26)(H,25,27). The molecule has 1 aromatic heterocycles. The van der Waals surface area contributed by atoms with Crippen molar-refractivity contribution in [3.8, 4) is 5.75 Å². The van der Waals surface area contributed by atoms with Gasteiger partial charge in [0.25, 0.3) is 11.8 Å². The topological polar surface area (TPSA) is 114 Å². The smallest absolute Gasteiger partial charge is 0.279 e. The Morgan fingerprint density at radius 3 is 2.47 bits per heavy atom. The molecule has 2 amide bonds. The summed E-state index contributed by atoms with van der Waals surface area (Å²) in [7, 11) is -2.39. The summed E-state index contributed by atoms with van der Waals surface area (Å²) >= 11 is 1.44. The van der Waals surface area contributed by atoms with Crippen molar-refractivity contribution in [1.82, 2.24) is 15.6 Å². The van der Waals surface area contributed by atoms with Crippen LogP contribution in [0.5, 0.6) is 5.75 Å². The number of amides is 2. The average molecular weight is 480 g/mol. The van der Waals surface area contributed by atoms with Crippen LogP contribution in [0.4, 0.5) is 0 Å².